The maximum absolute atomic E-state index is 11.7. The third-order valence-electron chi connectivity index (χ3n) is 5.28. The molecule has 2 aliphatic rings. The molecule has 5 heteroatoms. The van der Waals surface area contributed by atoms with Gasteiger partial charge < -0.3 is 10.4 Å². The van der Waals surface area contributed by atoms with Crippen molar-refractivity contribution in [3.05, 3.63) is 74.8 Å². The maximum Gasteiger partial charge on any atom is 0.336 e. The molecular weight excluding hydrogens is 357 g/mol. The molecule has 3 nitrogen and oxygen atoms in total. The molecule has 0 saturated heterocycles. The Morgan fingerprint density at radius 3 is 2.80 bits per heavy atom. The van der Waals surface area contributed by atoms with Crippen LogP contribution >= 0.6 is 23.2 Å². The zero-order chi connectivity index (χ0) is 17.7. The topological polar surface area (TPSA) is 49.3 Å². The molecule has 0 spiro atoms. The molecule has 0 unspecified atom stereocenters. The number of nitrogens with one attached hydrogen (secondary N) is 1. The number of rotatable bonds is 2. The van der Waals surface area contributed by atoms with Crippen LogP contribution in [0.2, 0.25) is 10.0 Å². The Morgan fingerprint density at radius 1 is 1.24 bits per heavy atom. The molecule has 25 heavy (non-hydrogen) atoms. The molecule has 128 valence electrons. The average Bonchev–Trinajstić information content (AvgIpc) is 3.07. The molecule has 0 radical (unpaired) electrons. The molecule has 2 aromatic carbocycles. The summed E-state index contributed by atoms with van der Waals surface area (Å²) < 4.78 is 0. The van der Waals surface area contributed by atoms with Gasteiger partial charge >= 0.3 is 5.97 Å². The molecule has 0 fully saturated rings. The van der Waals surface area contributed by atoms with Gasteiger partial charge in [-0.3, -0.25) is 0 Å². The van der Waals surface area contributed by atoms with Crippen LogP contribution in [0.1, 0.15) is 45.4 Å². The summed E-state index contributed by atoms with van der Waals surface area (Å²) in [6.07, 6.45) is 5.13. The van der Waals surface area contributed by atoms with E-state index in [-0.39, 0.29) is 17.9 Å². The third kappa shape index (κ3) is 2.54. The van der Waals surface area contributed by atoms with Gasteiger partial charge in [0.2, 0.25) is 0 Å². The lowest BCUT2D eigenvalue weighted by atomic mass is 9.74. The van der Waals surface area contributed by atoms with Gasteiger partial charge in [-0.15, -0.1) is 0 Å². The number of anilines is 1. The summed E-state index contributed by atoms with van der Waals surface area (Å²) in [5.41, 5.74) is 4.13. The standard InChI is InChI=1S/C20H17Cl2NO2/c1-10-8-9-13(20(24)25)16-11-4-2-5-12(11)19(23-18(10)16)14-6-3-7-15(21)17(14)22/h2-4,6-9,11-12,19,23H,5H2,1H3,(H,24,25)/t11-,12+,19+/m1/s1. The molecule has 2 aromatic rings. The van der Waals surface area contributed by atoms with Crippen molar-refractivity contribution in [2.45, 2.75) is 25.3 Å². The van der Waals surface area contributed by atoms with Crippen LogP contribution in [0.25, 0.3) is 0 Å². The number of halogens is 2. The summed E-state index contributed by atoms with van der Waals surface area (Å²) in [5, 5.41) is 14.3. The highest BCUT2D eigenvalue weighted by molar-refractivity contribution is 6.42. The van der Waals surface area contributed by atoms with Gasteiger partial charge in [0.05, 0.1) is 21.7 Å². The van der Waals surface area contributed by atoms with Gasteiger partial charge in [-0.05, 0) is 48.1 Å². The molecule has 3 atom stereocenters. The molecule has 0 amide bonds. The molecule has 0 saturated carbocycles. The van der Waals surface area contributed by atoms with Crippen LogP contribution in [-0.4, -0.2) is 11.1 Å². The maximum atomic E-state index is 11.7. The Bertz CT molecular complexity index is 907. The summed E-state index contributed by atoms with van der Waals surface area (Å²) in [6, 6.07) is 9.21. The molecule has 0 bridgehead atoms. The lowest BCUT2D eigenvalue weighted by molar-refractivity contribution is 0.0695. The number of carboxylic acids is 1. The number of allylic oxidation sites excluding steroid dienone is 2. The first-order valence-corrected chi connectivity index (χ1v) is 8.98. The van der Waals surface area contributed by atoms with Gasteiger partial charge in [0, 0.05) is 11.6 Å². The van der Waals surface area contributed by atoms with E-state index < -0.39 is 5.97 Å². The Morgan fingerprint density at radius 2 is 2.04 bits per heavy atom. The molecule has 1 heterocycles. The summed E-state index contributed by atoms with van der Waals surface area (Å²) >= 11 is 12.7. The van der Waals surface area contributed by atoms with Crippen molar-refractivity contribution in [3.8, 4) is 0 Å². The van der Waals surface area contributed by atoms with E-state index in [1.54, 1.807) is 12.1 Å². The van der Waals surface area contributed by atoms with Crippen molar-refractivity contribution < 1.29 is 9.90 Å². The largest absolute Gasteiger partial charge is 0.478 e. The first kappa shape index (κ1) is 16.5. The average molecular weight is 374 g/mol. The minimum Gasteiger partial charge on any atom is -0.478 e. The lowest BCUT2D eigenvalue weighted by Crippen LogP contribution is -2.31. The van der Waals surface area contributed by atoms with Crippen LogP contribution in [0.5, 0.6) is 0 Å². The second kappa shape index (κ2) is 6.08. The second-order valence-corrected chi connectivity index (χ2v) is 7.43. The summed E-state index contributed by atoms with van der Waals surface area (Å²) in [5.74, 6) is -0.623. The smallest absolute Gasteiger partial charge is 0.336 e. The highest BCUT2D eigenvalue weighted by Crippen LogP contribution is 2.53. The Hall–Kier alpha value is -1.97. The van der Waals surface area contributed by atoms with E-state index in [2.05, 4.69) is 17.5 Å². The molecule has 1 aliphatic heterocycles. The zero-order valence-electron chi connectivity index (χ0n) is 13.6. The predicted octanol–water partition coefficient (Wildman–Crippen LogP) is 5.83. The highest BCUT2D eigenvalue weighted by atomic mass is 35.5. The molecule has 2 N–H and O–H groups in total. The number of carboxylic acid groups (broad SMARTS) is 1. The fraction of sp³-hybridized carbons (Fsp3) is 0.250. The van der Waals surface area contributed by atoms with E-state index >= 15 is 0 Å². The number of carbonyl (C=O) groups is 1. The Kier molecular flexibility index (Phi) is 4.01. The van der Waals surface area contributed by atoms with Crippen molar-refractivity contribution in [1.82, 2.24) is 0 Å². The van der Waals surface area contributed by atoms with Gasteiger partial charge in [0.1, 0.15) is 0 Å². The summed E-state index contributed by atoms with van der Waals surface area (Å²) in [7, 11) is 0. The van der Waals surface area contributed by atoms with E-state index in [0.29, 0.717) is 15.6 Å². The highest BCUT2D eigenvalue weighted by Gasteiger charge is 2.41. The van der Waals surface area contributed by atoms with Crippen molar-refractivity contribution in [1.29, 1.82) is 0 Å². The minimum atomic E-state index is -0.892. The van der Waals surface area contributed by atoms with Crippen molar-refractivity contribution in [2.75, 3.05) is 5.32 Å². The quantitative estimate of drug-likeness (QED) is 0.651. The number of benzene rings is 2. The van der Waals surface area contributed by atoms with Crippen LogP contribution in [0, 0.1) is 12.8 Å². The van der Waals surface area contributed by atoms with Gasteiger partial charge in [-0.2, -0.15) is 0 Å². The zero-order valence-corrected chi connectivity index (χ0v) is 15.1. The fourth-order valence-electron chi connectivity index (χ4n) is 4.11. The lowest BCUT2D eigenvalue weighted by Gasteiger charge is -2.39. The number of hydrogen-bond donors (Lipinski definition) is 2. The predicted molar refractivity (Wildman–Crippen MR) is 101 cm³/mol. The molecule has 4 rings (SSSR count). The molecule has 1 aliphatic carbocycles. The molecular formula is C20H17Cl2NO2. The van der Waals surface area contributed by atoms with Crippen LogP contribution in [0.15, 0.2) is 42.5 Å². The first-order chi connectivity index (χ1) is 12.0. The Balaban J connectivity index is 1.90. The van der Waals surface area contributed by atoms with E-state index in [4.69, 9.17) is 23.2 Å². The van der Waals surface area contributed by atoms with Crippen molar-refractivity contribution in [3.63, 3.8) is 0 Å². The van der Waals surface area contributed by atoms with E-state index in [1.807, 2.05) is 25.1 Å². The normalized spacial score (nSPS) is 23.7. The van der Waals surface area contributed by atoms with E-state index in [0.717, 1.165) is 28.8 Å². The van der Waals surface area contributed by atoms with Gasteiger partial charge in [0.15, 0.2) is 0 Å². The summed E-state index contributed by atoms with van der Waals surface area (Å²) in [4.78, 5) is 11.7. The summed E-state index contributed by atoms with van der Waals surface area (Å²) in [6.45, 7) is 1.99. The van der Waals surface area contributed by atoms with E-state index in [1.165, 1.54) is 0 Å². The Labute approximate surface area is 156 Å². The van der Waals surface area contributed by atoms with E-state index in [9.17, 15) is 9.90 Å². The van der Waals surface area contributed by atoms with Gasteiger partial charge in [0.25, 0.3) is 0 Å². The van der Waals surface area contributed by atoms with Gasteiger partial charge in [-0.25, -0.2) is 4.79 Å². The number of aromatic carboxylic acids is 1. The second-order valence-electron chi connectivity index (χ2n) is 6.64. The van der Waals surface area contributed by atoms with Crippen LogP contribution in [-0.2, 0) is 0 Å². The number of aryl methyl sites for hydroxylation is 1. The number of hydrogen-bond acceptors (Lipinski definition) is 2. The van der Waals surface area contributed by atoms with Crippen LogP contribution in [0.4, 0.5) is 5.69 Å². The van der Waals surface area contributed by atoms with Crippen LogP contribution in [0.3, 0.4) is 0 Å². The van der Waals surface area contributed by atoms with Crippen molar-refractivity contribution in [2.24, 2.45) is 5.92 Å². The minimum absolute atomic E-state index is 0.0126. The molecule has 0 aromatic heterocycles. The first-order valence-electron chi connectivity index (χ1n) is 8.23. The van der Waals surface area contributed by atoms with Crippen molar-refractivity contribution >= 4 is 34.9 Å². The van der Waals surface area contributed by atoms with Gasteiger partial charge in [-0.1, -0.05) is 53.6 Å². The number of fused-ring (bicyclic) bond motifs is 3. The van der Waals surface area contributed by atoms with Crippen LogP contribution < -0.4 is 5.32 Å². The third-order valence-corrected chi connectivity index (χ3v) is 6.11. The monoisotopic (exact) mass is 373 g/mol. The fourth-order valence-corrected chi connectivity index (χ4v) is 4.54. The SMILES string of the molecule is Cc1ccc(C(=O)O)c2c1N[C@H](c1cccc(Cl)c1Cl)[C@H]1CC=C[C@@H]21.